The Morgan fingerprint density at radius 2 is 2.00 bits per heavy atom. The van der Waals surface area contributed by atoms with Crippen molar-refractivity contribution < 1.29 is 14.0 Å². The summed E-state index contributed by atoms with van der Waals surface area (Å²) in [7, 11) is 0. The van der Waals surface area contributed by atoms with Crippen LogP contribution in [0.1, 0.15) is 31.1 Å². The largest absolute Gasteiger partial charge is 0.272 e. The quantitative estimate of drug-likeness (QED) is 0.658. The Kier molecular flexibility index (Phi) is 4.43. The number of carbonyl (C=O) groups is 2. The number of amides is 2. The van der Waals surface area contributed by atoms with E-state index in [2.05, 4.69) is 12.0 Å². The van der Waals surface area contributed by atoms with Crippen LogP contribution in [-0.2, 0) is 4.79 Å². The second-order valence-corrected chi connectivity index (χ2v) is 5.00. The molecule has 1 aromatic carbocycles. The molecule has 102 valence electrons. The average Bonchev–Trinajstić information content (AvgIpc) is 2.33. The van der Waals surface area contributed by atoms with Crippen molar-refractivity contribution >= 4 is 11.8 Å². The highest BCUT2D eigenvalue weighted by Gasteiger charge is 2.28. The highest BCUT2D eigenvalue weighted by Crippen LogP contribution is 2.15. The molecule has 19 heavy (non-hydrogen) atoms. The fraction of sp³-hybridized carbons (Fsp3) is 0.286. The molecule has 0 saturated heterocycles. The van der Waals surface area contributed by atoms with E-state index in [0.29, 0.717) is 0 Å². The minimum absolute atomic E-state index is 0.166. The SMILES string of the molecule is C=CC(=O)NN(C(=O)c1cccc(F)c1)C(C)(C)C. The molecule has 1 aromatic rings. The van der Waals surface area contributed by atoms with Gasteiger partial charge in [0.25, 0.3) is 11.8 Å². The molecule has 0 atom stereocenters. The summed E-state index contributed by atoms with van der Waals surface area (Å²) in [5.41, 5.74) is 1.94. The lowest BCUT2D eigenvalue weighted by Gasteiger charge is -2.35. The van der Waals surface area contributed by atoms with Crippen LogP contribution >= 0.6 is 0 Å². The van der Waals surface area contributed by atoms with Gasteiger partial charge in [-0.15, -0.1) is 0 Å². The van der Waals surface area contributed by atoms with E-state index in [1.807, 2.05) is 0 Å². The van der Waals surface area contributed by atoms with Crippen LogP contribution in [0.3, 0.4) is 0 Å². The normalized spacial score (nSPS) is 10.7. The standard InChI is InChI=1S/C14H17FN2O2/c1-5-12(18)16-17(14(2,3)4)13(19)10-7-6-8-11(15)9-10/h5-9H,1H2,2-4H3,(H,16,18). The first-order valence-electron chi connectivity index (χ1n) is 5.79. The van der Waals surface area contributed by atoms with Crippen LogP contribution in [0.4, 0.5) is 4.39 Å². The van der Waals surface area contributed by atoms with Crippen LogP contribution in [0.15, 0.2) is 36.9 Å². The molecule has 1 rings (SSSR count). The lowest BCUT2D eigenvalue weighted by Crippen LogP contribution is -2.55. The Bertz CT molecular complexity index is 506. The lowest BCUT2D eigenvalue weighted by molar-refractivity contribution is -0.122. The van der Waals surface area contributed by atoms with Gasteiger partial charge in [-0.05, 0) is 45.0 Å². The molecule has 0 heterocycles. The van der Waals surface area contributed by atoms with E-state index < -0.39 is 23.2 Å². The predicted octanol–water partition coefficient (Wildman–Crippen LogP) is 2.28. The van der Waals surface area contributed by atoms with Gasteiger partial charge in [0, 0.05) is 5.56 Å². The molecule has 1 N–H and O–H groups in total. The third kappa shape index (κ3) is 3.91. The van der Waals surface area contributed by atoms with E-state index in [-0.39, 0.29) is 5.56 Å². The fourth-order valence-electron chi connectivity index (χ4n) is 1.43. The molecular formula is C14H17FN2O2. The molecule has 0 aliphatic carbocycles. The Hall–Kier alpha value is -2.17. The second-order valence-electron chi connectivity index (χ2n) is 5.00. The van der Waals surface area contributed by atoms with Gasteiger partial charge >= 0.3 is 0 Å². The number of benzene rings is 1. The highest BCUT2D eigenvalue weighted by molar-refractivity contribution is 5.97. The molecule has 0 unspecified atom stereocenters. The Labute approximate surface area is 111 Å². The van der Waals surface area contributed by atoms with Crippen LogP contribution in [0.25, 0.3) is 0 Å². The van der Waals surface area contributed by atoms with Crippen molar-refractivity contribution in [2.24, 2.45) is 0 Å². The van der Waals surface area contributed by atoms with Crippen molar-refractivity contribution in [2.75, 3.05) is 0 Å². The van der Waals surface area contributed by atoms with Crippen molar-refractivity contribution in [3.63, 3.8) is 0 Å². The number of hydrazine groups is 1. The zero-order valence-corrected chi connectivity index (χ0v) is 11.2. The van der Waals surface area contributed by atoms with Crippen LogP contribution < -0.4 is 5.43 Å². The van der Waals surface area contributed by atoms with Gasteiger partial charge in [0.05, 0.1) is 5.54 Å². The molecule has 0 saturated carbocycles. The van der Waals surface area contributed by atoms with Crippen LogP contribution in [0.5, 0.6) is 0 Å². The predicted molar refractivity (Wildman–Crippen MR) is 70.7 cm³/mol. The minimum Gasteiger partial charge on any atom is -0.268 e. The first-order chi connectivity index (χ1) is 8.75. The zero-order chi connectivity index (χ0) is 14.6. The number of nitrogens with zero attached hydrogens (tertiary/aromatic N) is 1. The van der Waals surface area contributed by atoms with Gasteiger partial charge in [-0.3, -0.25) is 15.0 Å². The molecule has 0 radical (unpaired) electrons. The average molecular weight is 264 g/mol. The first kappa shape index (κ1) is 14.9. The van der Waals surface area contributed by atoms with Gasteiger partial charge in [-0.2, -0.15) is 0 Å². The number of rotatable bonds is 2. The zero-order valence-electron chi connectivity index (χ0n) is 11.2. The summed E-state index contributed by atoms with van der Waals surface area (Å²) >= 11 is 0. The van der Waals surface area contributed by atoms with Crippen LogP contribution in [0.2, 0.25) is 0 Å². The van der Waals surface area contributed by atoms with Crippen molar-refractivity contribution in [2.45, 2.75) is 26.3 Å². The monoisotopic (exact) mass is 264 g/mol. The maximum atomic E-state index is 13.1. The Morgan fingerprint density at radius 3 is 2.47 bits per heavy atom. The maximum Gasteiger partial charge on any atom is 0.272 e. The van der Waals surface area contributed by atoms with Crippen molar-refractivity contribution in [3.8, 4) is 0 Å². The van der Waals surface area contributed by atoms with Gasteiger partial charge in [0.2, 0.25) is 0 Å². The van der Waals surface area contributed by atoms with E-state index in [1.165, 1.54) is 18.2 Å². The van der Waals surface area contributed by atoms with E-state index in [1.54, 1.807) is 20.8 Å². The molecule has 2 amide bonds. The van der Waals surface area contributed by atoms with Crippen molar-refractivity contribution in [1.29, 1.82) is 0 Å². The third-order valence-corrected chi connectivity index (χ3v) is 2.35. The van der Waals surface area contributed by atoms with E-state index in [4.69, 9.17) is 0 Å². The highest BCUT2D eigenvalue weighted by atomic mass is 19.1. The number of hydrogen-bond donors (Lipinski definition) is 1. The molecule has 0 spiro atoms. The second kappa shape index (κ2) is 5.65. The fourth-order valence-corrected chi connectivity index (χ4v) is 1.43. The van der Waals surface area contributed by atoms with E-state index in [0.717, 1.165) is 17.2 Å². The molecule has 0 aromatic heterocycles. The van der Waals surface area contributed by atoms with Gasteiger partial charge < -0.3 is 0 Å². The van der Waals surface area contributed by atoms with E-state index >= 15 is 0 Å². The lowest BCUT2D eigenvalue weighted by atomic mass is 10.1. The number of nitrogens with one attached hydrogen (secondary N) is 1. The third-order valence-electron chi connectivity index (χ3n) is 2.35. The summed E-state index contributed by atoms with van der Waals surface area (Å²) in [5, 5.41) is 1.16. The molecule has 0 fully saturated rings. The molecule has 4 nitrogen and oxygen atoms in total. The number of carbonyl (C=O) groups excluding carboxylic acids is 2. The van der Waals surface area contributed by atoms with Gasteiger partial charge in [0.15, 0.2) is 0 Å². The van der Waals surface area contributed by atoms with Crippen molar-refractivity contribution in [1.82, 2.24) is 10.4 Å². The Balaban J connectivity index is 3.08. The molecule has 0 aliphatic rings. The maximum absolute atomic E-state index is 13.1. The summed E-state index contributed by atoms with van der Waals surface area (Å²) in [6.07, 6.45) is 1.07. The minimum atomic E-state index is -0.651. The summed E-state index contributed by atoms with van der Waals surface area (Å²) in [4.78, 5) is 23.7. The molecular weight excluding hydrogens is 247 g/mol. The number of halogens is 1. The molecule has 5 heteroatoms. The Morgan fingerprint density at radius 1 is 1.37 bits per heavy atom. The van der Waals surface area contributed by atoms with E-state index in [9.17, 15) is 14.0 Å². The van der Waals surface area contributed by atoms with Crippen LogP contribution in [0, 0.1) is 5.82 Å². The molecule has 0 aliphatic heterocycles. The molecule has 0 bridgehead atoms. The smallest absolute Gasteiger partial charge is 0.268 e. The number of hydrogen-bond acceptors (Lipinski definition) is 2. The first-order valence-corrected chi connectivity index (χ1v) is 5.79. The van der Waals surface area contributed by atoms with Gasteiger partial charge in [0.1, 0.15) is 5.82 Å². The van der Waals surface area contributed by atoms with Crippen molar-refractivity contribution in [3.05, 3.63) is 48.3 Å². The van der Waals surface area contributed by atoms with Gasteiger partial charge in [-0.1, -0.05) is 12.6 Å². The van der Waals surface area contributed by atoms with Gasteiger partial charge in [-0.25, -0.2) is 9.40 Å². The summed E-state index contributed by atoms with van der Waals surface area (Å²) in [6.45, 7) is 8.60. The summed E-state index contributed by atoms with van der Waals surface area (Å²) < 4.78 is 13.1. The summed E-state index contributed by atoms with van der Waals surface area (Å²) in [5.74, 6) is -1.49. The summed E-state index contributed by atoms with van der Waals surface area (Å²) in [6, 6.07) is 5.31. The topological polar surface area (TPSA) is 49.4 Å². The van der Waals surface area contributed by atoms with Crippen LogP contribution in [-0.4, -0.2) is 22.4 Å².